The predicted molar refractivity (Wildman–Crippen MR) is 59.7 cm³/mol. The van der Waals surface area contributed by atoms with E-state index in [4.69, 9.17) is 18.8 Å². The largest absolute Gasteiger partial charge is 0.325 e. The minimum absolute atomic E-state index is 0.0825. The second kappa shape index (κ2) is 5.30. The summed E-state index contributed by atoms with van der Waals surface area (Å²) in [6, 6.07) is 0. The Morgan fingerprint density at radius 2 is 1.81 bits per heavy atom. The van der Waals surface area contributed by atoms with Crippen LogP contribution in [0.3, 0.4) is 0 Å². The minimum Gasteiger partial charge on any atom is -0.324 e. The molecule has 4 unspecified atom stereocenters. The van der Waals surface area contributed by atoms with Gasteiger partial charge in [0.1, 0.15) is 0 Å². The van der Waals surface area contributed by atoms with E-state index in [-0.39, 0.29) is 18.6 Å². The lowest BCUT2D eigenvalue weighted by Gasteiger charge is -2.21. The third kappa shape index (κ3) is 5.58. The number of hydrogen-bond acceptors (Lipinski definition) is 4. The average Bonchev–Trinajstić information content (AvgIpc) is 2.44. The van der Waals surface area contributed by atoms with Gasteiger partial charge in [0.05, 0.1) is 12.7 Å². The van der Waals surface area contributed by atoms with Crippen LogP contribution in [-0.2, 0) is 18.2 Å². The van der Waals surface area contributed by atoms with Crippen LogP contribution in [0.1, 0.15) is 19.3 Å². The Labute approximate surface area is 95.0 Å². The maximum atomic E-state index is 11.1. The van der Waals surface area contributed by atoms with Gasteiger partial charge in [0.2, 0.25) is 0 Å². The van der Waals surface area contributed by atoms with Gasteiger partial charge in [0, 0.05) is 19.2 Å². The first-order chi connectivity index (χ1) is 7.17. The molecule has 16 heavy (non-hydrogen) atoms. The molecule has 1 saturated carbocycles. The normalized spacial score (nSPS) is 33.2. The standard InChI is InChI=1S/C8H18O6P2/c1-15(9,10)13-6-7-4-3-5-8(7)14-16(2,11)12/h7-8H,3-6H2,1-2H3,(H,9,10)(H,11,12). The minimum atomic E-state index is -3.50. The summed E-state index contributed by atoms with van der Waals surface area (Å²) in [4.78, 5) is 18.1. The van der Waals surface area contributed by atoms with E-state index >= 15 is 0 Å². The molecule has 0 aliphatic heterocycles. The van der Waals surface area contributed by atoms with Gasteiger partial charge < -0.3 is 18.8 Å². The van der Waals surface area contributed by atoms with Gasteiger partial charge in [-0.05, 0) is 12.8 Å². The van der Waals surface area contributed by atoms with Gasteiger partial charge in [-0.2, -0.15) is 0 Å². The zero-order chi connectivity index (χ0) is 12.4. The topological polar surface area (TPSA) is 93.1 Å². The van der Waals surface area contributed by atoms with Crippen molar-refractivity contribution in [2.24, 2.45) is 5.92 Å². The predicted octanol–water partition coefficient (Wildman–Crippen LogP) is 1.82. The Morgan fingerprint density at radius 1 is 1.19 bits per heavy atom. The summed E-state index contributed by atoms with van der Waals surface area (Å²) in [5.74, 6) is -0.0825. The lowest BCUT2D eigenvalue weighted by molar-refractivity contribution is 0.104. The second-order valence-corrected chi connectivity index (χ2v) is 7.92. The Balaban J connectivity index is 2.47. The molecule has 0 heterocycles. The Bertz CT molecular complexity index is 318. The summed E-state index contributed by atoms with van der Waals surface area (Å²) >= 11 is 0. The summed E-state index contributed by atoms with van der Waals surface area (Å²) in [6.07, 6.45) is 1.99. The molecule has 0 bridgehead atoms. The van der Waals surface area contributed by atoms with Crippen molar-refractivity contribution < 1.29 is 28.0 Å². The van der Waals surface area contributed by atoms with Crippen LogP contribution in [0.25, 0.3) is 0 Å². The fourth-order valence-corrected chi connectivity index (χ4v) is 3.07. The second-order valence-electron chi connectivity index (χ2n) is 4.24. The summed E-state index contributed by atoms with van der Waals surface area (Å²) in [5.41, 5.74) is 0. The summed E-state index contributed by atoms with van der Waals surface area (Å²) in [5, 5.41) is 0. The van der Waals surface area contributed by atoms with Crippen molar-refractivity contribution in [1.82, 2.24) is 0 Å². The highest BCUT2D eigenvalue weighted by Crippen LogP contribution is 2.45. The van der Waals surface area contributed by atoms with Gasteiger partial charge in [-0.15, -0.1) is 0 Å². The van der Waals surface area contributed by atoms with E-state index in [0.29, 0.717) is 6.42 Å². The Morgan fingerprint density at radius 3 is 2.31 bits per heavy atom. The van der Waals surface area contributed by atoms with Gasteiger partial charge in [-0.25, -0.2) is 0 Å². The Hall–Kier alpha value is 0.300. The van der Waals surface area contributed by atoms with Crippen LogP contribution in [0.4, 0.5) is 0 Å². The molecule has 6 nitrogen and oxygen atoms in total. The quantitative estimate of drug-likeness (QED) is 0.741. The fraction of sp³-hybridized carbons (Fsp3) is 1.00. The van der Waals surface area contributed by atoms with Crippen molar-refractivity contribution in [1.29, 1.82) is 0 Å². The summed E-state index contributed by atoms with van der Waals surface area (Å²) in [6.45, 7) is 2.35. The lowest BCUT2D eigenvalue weighted by Crippen LogP contribution is -2.21. The first-order valence-electron chi connectivity index (χ1n) is 5.11. The molecule has 1 aliphatic carbocycles. The average molecular weight is 272 g/mol. The molecule has 0 spiro atoms. The van der Waals surface area contributed by atoms with Crippen LogP contribution in [0, 0.1) is 5.92 Å². The number of rotatable bonds is 5. The zero-order valence-electron chi connectivity index (χ0n) is 9.40. The lowest BCUT2D eigenvalue weighted by atomic mass is 10.1. The highest BCUT2D eigenvalue weighted by Gasteiger charge is 2.33. The molecule has 0 aromatic rings. The molecule has 4 atom stereocenters. The summed E-state index contributed by atoms with van der Waals surface area (Å²) < 4.78 is 31.9. The van der Waals surface area contributed by atoms with E-state index in [0.717, 1.165) is 26.2 Å². The summed E-state index contributed by atoms with van der Waals surface area (Å²) in [7, 11) is -6.99. The monoisotopic (exact) mass is 272 g/mol. The van der Waals surface area contributed by atoms with Crippen molar-refractivity contribution in [3.8, 4) is 0 Å². The molecule has 96 valence electrons. The molecule has 8 heteroatoms. The van der Waals surface area contributed by atoms with E-state index in [1.165, 1.54) is 0 Å². The maximum absolute atomic E-state index is 11.1. The van der Waals surface area contributed by atoms with Crippen LogP contribution >= 0.6 is 15.2 Å². The molecule has 0 amide bonds. The zero-order valence-corrected chi connectivity index (χ0v) is 11.2. The molecule has 2 N–H and O–H groups in total. The molecule has 0 saturated heterocycles. The van der Waals surface area contributed by atoms with Crippen molar-refractivity contribution >= 4 is 15.2 Å². The fourth-order valence-electron chi connectivity index (χ4n) is 1.82. The molecule has 1 aliphatic rings. The first kappa shape index (κ1) is 14.4. The molecule has 1 rings (SSSR count). The molecule has 0 aromatic heterocycles. The van der Waals surface area contributed by atoms with Crippen molar-refractivity contribution in [3.63, 3.8) is 0 Å². The van der Waals surface area contributed by atoms with Gasteiger partial charge in [0.25, 0.3) is 0 Å². The molecule has 1 fully saturated rings. The molecule has 0 aromatic carbocycles. The van der Waals surface area contributed by atoms with Crippen LogP contribution in [0.15, 0.2) is 0 Å². The van der Waals surface area contributed by atoms with Gasteiger partial charge >= 0.3 is 15.2 Å². The third-order valence-electron chi connectivity index (χ3n) is 2.45. The highest BCUT2D eigenvalue weighted by atomic mass is 31.2. The maximum Gasteiger partial charge on any atom is 0.325 e. The molecular weight excluding hydrogens is 254 g/mol. The number of hydrogen-bond donors (Lipinski definition) is 2. The van der Waals surface area contributed by atoms with Crippen LogP contribution < -0.4 is 0 Å². The van der Waals surface area contributed by atoms with Gasteiger partial charge in [-0.1, -0.05) is 6.42 Å². The Kier molecular flexibility index (Phi) is 4.76. The first-order valence-corrected chi connectivity index (χ1v) is 9.16. The smallest absolute Gasteiger partial charge is 0.324 e. The van der Waals surface area contributed by atoms with Crippen molar-refractivity contribution in [3.05, 3.63) is 0 Å². The van der Waals surface area contributed by atoms with Gasteiger partial charge in [0.15, 0.2) is 0 Å². The van der Waals surface area contributed by atoms with Gasteiger partial charge in [-0.3, -0.25) is 9.13 Å². The van der Waals surface area contributed by atoms with Crippen LogP contribution in [0.2, 0.25) is 0 Å². The van der Waals surface area contributed by atoms with Crippen molar-refractivity contribution in [2.75, 3.05) is 19.9 Å². The van der Waals surface area contributed by atoms with E-state index < -0.39 is 15.2 Å². The molecular formula is C8H18O6P2. The SMILES string of the molecule is CP(=O)(O)OCC1CCCC1OP(C)(=O)O. The van der Waals surface area contributed by atoms with E-state index in [2.05, 4.69) is 0 Å². The van der Waals surface area contributed by atoms with Crippen LogP contribution in [0.5, 0.6) is 0 Å². The van der Waals surface area contributed by atoms with E-state index in [1.54, 1.807) is 0 Å². The third-order valence-corrected chi connectivity index (χ3v) is 3.74. The highest BCUT2D eigenvalue weighted by molar-refractivity contribution is 7.52. The van der Waals surface area contributed by atoms with Crippen LogP contribution in [-0.4, -0.2) is 35.8 Å². The van der Waals surface area contributed by atoms with E-state index in [1.807, 2.05) is 0 Å². The van der Waals surface area contributed by atoms with Crippen molar-refractivity contribution in [2.45, 2.75) is 25.4 Å². The molecule has 0 radical (unpaired) electrons. The van der Waals surface area contributed by atoms with E-state index in [9.17, 15) is 9.13 Å².